The molecule has 0 spiro atoms. The molecule has 0 saturated carbocycles. The SMILES string of the molecule is CCOc1ccc(NC(=O)NCCOCCO)cc1. The van der Waals surface area contributed by atoms with E-state index in [1.54, 1.807) is 24.3 Å². The van der Waals surface area contributed by atoms with Gasteiger partial charge in [-0.05, 0) is 31.2 Å². The van der Waals surface area contributed by atoms with Gasteiger partial charge >= 0.3 is 6.03 Å². The summed E-state index contributed by atoms with van der Waals surface area (Å²) in [6.45, 7) is 3.56. The van der Waals surface area contributed by atoms with Crippen molar-refractivity contribution in [2.24, 2.45) is 0 Å². The van der Waals surface area contributed by atoms with Gasteiger partial charge in [-0.25, -0.2) is 4.79 Å². The van der Waals surface area contributed by atoms with Crippen LogP contribution in [0, 0.1) is 0 Å². The maximum absolute atomic E-state index is 11.5. The van der Waals surface area contributed by atoms with Gasteiger partial charge in [0.15, 0.2) is 0 Å². The number of carbonyl (C=O) groups is 1. The molecule has 1 rings (SSSR count). The second kappa shape index (κ2) is 9.18. The number of hydrogen-bond donors (Lipinski definition) is 3. The third kappa shape index (κ3) is 6.64. The van der Waals surface area contributed by atoms with Gasteiger partial charge in [0.2, 0.25) is 0 Å². The van der Waals surface area contributed by atoms with Crippen LogP contribution in [0.2, 0.25) is 0 Å². The fourth-order valence-electron chi connectivity index (χ4n) is 1.38. The predicted octanol–water partition coefficient (Wildman–Crippen LogP) is 1.22. The Morgan fingerprint density at radius 2 is 2.00 bits per heavy atom. The number of ether oxygens (including phenoxy) is 2. The van der Waals surface area contributed by atoms with Gasteiger partial charge in [0.1, 0.15) is 5.75 Å². The van der Waals surface area contributed by atoms with E-state index in [2.05, 4.69) is 10.6 Å². The molecule has 3 N–H and O–H groups in total. The van der Waals surface area contributed by atoms with E-state index < -0.39 is 0 Å². The number of aliphatic hydroxyl groups excluding tert-OH is 1. The van der Waals surface area contributed by atoms with Crippen molar-refractivity contribution in [1.82, 2.24) is 5.32 Å². The zero-order valence-corrected chi connectivity index (χ0v) is 11.0. The van der Waals surface area contributed by atoms with Gasteiger partial charge in [0.05, 0.1) is 26.4 Å². The summed E-state index contributed by atoms with van der Waals surface area (Å²) in [7, 11) is 0. The lowest BCUT2D eigenvalue weighted by atomic mass is 10.3. The van der Waals surface area contributed by atoms with Crippen molar-refractivity contribution in [3.63, 3.8) is 0 Å². The van der Waals surface area contributed by atoms with E-state index in [9.17, 15) is 4.79 Å². The fourth-order valence-corrected chi connectivity index (χ4v) is 1.38. The molecule has 2 amide bonds. The van der Waals surface area contributed by atoms with Crippen LogP contribution in [0.3, 0.4) is 0 Å². The Bertz CT molecular complexity index is 367. The number of hydrogen-bond acceptors (Lipinski definition) is 4. The third-order valence-electron chi connectivity index (χ3n) is 2.19. The lowest BCUT2D eigenvalue weighted by molar-refractivity contribution is 0.0950. The molecular weight excluding hydrogens is 248 g/mol. The number of aliphatic hydroxyl groups is 1. The van der Waals surface area contributed by atoms with E-state index >= 15 is 0 Å². The van der Waals surface area contributed by atoms with Crippen LogP contribution in [0.5, 0.6) is 5.75 Å². The molecule has 0 saturated heterocycles. The number of urea groups is 1. The Kier molecular flexibility index (Phi) is 7.38. The van der Waals surface area contributed by atoms with Crippen LogP contribution < -0.4 is 15.4 Å². The Balaban J connectivity index is 2.24. The van der Waals surface area contributed by atoms with Crippen LogP contribution in [0.4, 0.5) is 10.5 Å². The second-order valence-corrected chi connectivity index (χ2v) is 3.67. The van der Waals surface area contributed by atoms with Gasteiger partial charge in [-0.2, -0.15) is 0 Å². The van der Waals surface area contributed by atoms with Crippen LogP contribution >= 0.6 is 0 Å². The molecule has 6 nitrogen and oxygen atoms in total. The number of anilines is 1. The molecule has 0 unspecified atom stereocenters. The molecule has 0 aliphatic rings. The lowest BCUT2D eigenvalue weighted by Crippen LogP contribution is -2.31. The van der Waals surface area contributed by atoms with Crippen molar-refractivity contribution in [2.45, 2.75) is 6.92 Å². The summed E-state index contributed by atoms with van der Waals surface area (Å²) < 4.78 is 10.3. The summed E-state index contributed by atoms with van der Waals surface area (Å²) in [6.07, 6.45) is 0. The van der Waals surface area contributed by atoms with Gasteiger partial charge < -0.3 is 25.2 Å². The van der Waals surface area contributed by atoms with Crippen molar-refractivity contribution in [2.75, 3.05) is 38.3 Å². The van der Waals surface area contributed by atoms with Gasteiger partial charge in [-0.3, -0.25) is 0 Å². The van der Waals surface area contributed by atoms with Crippen molar-refractivity contribution in [3.8, 4) is 5.75 Å². The van der Waals surface area contributed by atoms with E-state index in [0.29, 0.717) is 25.4 Å². The number of carbonyl (C=O) groups excluding carboxylic acids is 1. The van der Waals surface area contributed by atoms with Crippen LogP contribution in [0.15, 0.2) is 24.3 Å². The summed E-state index contributed by atoms with van der Waals surface area (Å²) in [5.74, 6) is 0.769. The number of benzene rings is 1. The molecule has 19 heavy (non-hydrogen) atoms. The minimum atomic E-state index is -0.295. The van der Waals surface area contributed by atoms with Crippen LogP contribution in [0.25, 0.3) is 0 Å². The summed E-state index contributed by atoms with van der Waals surface area (Å²) in [4.78, 5) is 11.5. The first-order chi connectivity index (χ1) is 9.26. The predicted molar refractivity (Wildman–Crippen MR) is 72.5 cm³/mol. The van der Waals surface area contributed by atoms with E-state index in [0.717, 1.165) is 5.75 Å². The van der Waals surface area contributed by atoms with Crippen LogP contribution in [-0.4, -0.2) is 44.1 Å². The smallest absolute Gasteiger partial charge is 0.319 e. The Hall–Kier alpha value is -1.79. The molecule has 1 aromatic carbocycles. The highest BCUT2D eigenvalue weighted by molar-refractivity contribution is 5.89. The van der Waals surface area contributed by atoms with Crippen molar-refractivity contribution in [3.05, 3.63) is 24.3 Å². The second-order valence-electron chi connectivity index (χ2n) is 3.67. The zero-order chi connectivity index (χ0) is 13.9. The quantitative estimate of drug-likeness (QED) is 0.619. The third-order valence-corrected chi connectivity index (χ3v) is 2.19. The van der Waals surface area contributed by atoms with E-state index in [4.69, 9.17) is 14.6 Å². The Morgan fingerprint density at radius 3 is 2.63 bits per heavy atom. The zero-order valence-electron chi connectivity index (χ0n) is 11.0. The number of nitrogens with one attached hydrogen (secondary N) is 2. The molecule has 0 radical (unpaired) electrons. The van der Waals surface area contributed by atoms with E-state index in [1.807, 2.05) is 6.92 Å². The highest BCUT2D eigenvalue weighted by Gasteiger charge is 2.01. The van der Waals surface area contributed by atoms with Gasteiger partial charge in [0, 0.05) is 12.2 Å². The highest BCUT2D eigenvalue weighted by Crippen LogP contribution is 2.15. The summed E-state index contributed by atoms with van der Waals surface area (Å²) in [5.41, 5.74) is 0.692. The molecule has 0 bridgehead atoms. The van der Waals surface area contributed by atoms with E-state index in [-0.39, 0.29) is 19.2 Å². The minimum absolute atomic E-state index is 0.0155. The van der Waals surface area contributed by atoms with Crippen molar-refractivity contribution >= 4 is 11.7 Å². The molecular formula is C13H20N2O4. The minimum Gasteiger partial charge on any atom is -0.494 e. The normalized spacial score (nSPS) is 10.0. The summed E-state index contributed by atoms with van der Waals surface area (Å²) in [6, 6.07) is 6.84. The molecule has 0 aliphatic carbocycles. The standard InChI is InChI=1S/C13H20N2O4/c1-2-19-12-5-3-11(4-6-12)15-13(17)14-7-9-18-10-8-16/h3-6,16H,2,7-10H2,1H3,(H2,14,15,17). The van der Waals surface area contributed by atoms with Gasteiger partial charge in [0.25, 0.3) is 0 Å². The molecule has 0 atom stereocenters. The van der Waals surface area contributed by atoms with E-state index in [1.165, 1.54) is 0 Å². The number of amides is 2. The number of rotatable bonds is 8. The van der Waals surface area contributed by atoms with Crippen LogP contribution in [0.1, 0.15) is 6.92 Å². The molecule has 1 aromatic rings. The van der Waals surface area contributed by atoms with Crippen LogP contribution in [-0.2, 0) is 4.74 Å². The van der Waals surface area contributed by atoms with Gasteiger partial charge in [-0.1, -0.05) is 0 Å². The highest BCUT2D eigenvalue weighted by atomic mass is 16.5. The van der Waals surface area contributed by atoms with Crippen molar-refractivity contribution in [1.29, 1.82) is 0 Å². The first-order valence-corrected chi connectivity index (χ1v) is 6.22. The monoisotopic (exact) mass is 268 g/mol. The molecule has 0 aromatic heterocycles. The molecule has 0 fully saturated rings. The molecule has 106 valence electrons. The first-order valence-electron chi connectivity index (χ1n) is 6.22. The van der Waals surface area contributed by atoms with Crippen molar-refractivity contribution < 1.29 is 19.4 Å². The summed E-state index contributed by atoms with van der Waals surface area (Å²) in [5, 5.41) is 13.8. The van der Waals surface area contributed by atoms with Gasteiger partial charge in [-0.15, -0.1) is 0 Å². The lowest BCUT2D eigenvalue weighted by Gasteiger charge is -2.08. The topological polar surface area (TPSA) is 79.8 Å². The molecule has 0 heterocycles. The first kappa shape index (κ1) is 15.3. The maximum atomic E-state index is 11.5. The average molecular weight is 268 g/mol. The molecule has 0 aliphatic heterocycles. The Labute approximate surface area is 112 Å². The average Bonchev–Trinajstić information content (AvgIpc) is 2.41. The summed E-state index contributed by atoms with van der Waals surface area (Å²) >= 11 is 0. The maximum Gasteiger partial charge on any atom is 0.319 e. The molecule has 6 heteroatoms. The largest absolute Gasteiger partial charge is 0.494 e. The Morgan fingerprint density at radius 1 is 1.26 bits per heavy atom. The fraction of sp³-hybridized carbons (Fsp3) is 0.462.